The summed E-state index contributed by atoms with van der Waals surface area (Å²) in [4.78, 5) is 10.3. The quantitative estimate of drug-likeness (QED) is 0.402. The summed E-state index contributed by atoms with van der Waals surface area (Å²) in [6, 6.07) is 0. The molecular weight excluding hydrogens is 217 g/mol. The predicted molar refractivity (Wildman–Crippen MR) is 44.9 cm³/mol. The van der Waals surface area contributed by atoms with Crippen LogP contribution in [0, 0.1) is 0 Å². The zero-order valence-electron chi connectivity index (χ0n) is 7.73. The molecule has 0 unspecified atom stereocenters. The summed E-state index contributed by atoms with van der Waals surface area (Å²) in [7, 11) is -2.51. The molecule has 82 valence electrons. The van der Waals surface area contributed by atoms with Gasteiger partial charge >= 0.3 is 22.4 Å². The zero-order valence-corrected chi connectivity index (χ0v) is 8.54. The molecule has 0 aromatic carbocycles. The second kappa shape index (κ2) is 3.93. The lowest BCUT2D eigenvalue weighted by atomic mass is 10.5. The van der Waals surface area contributed by atoms with Crippen LogP contribution >= 0.6 is 0 Å². The monoisotopic (exact) mass is 228 g/mol. The minimum absolute atomic E-state index is 0.464. The van der Waals surface area contributed by atoms with Gasteiger partial charge in [-0.1, -0.05) is 3.89 Å². The maximum Gasteiger partial charge on any atom is 0.492 e. The normalized spacial score (nSPS) is 12.2. The Hall–Kier alpha value is -1.15. The van der Waals surface area contributed by atoms with Gasteiger partial charge in [0.2, 0.25) is 0 Å². The van der Waals surface area contributed by atoms with Crippen LogP contribution in [0.2, 0.25) is 0 Å². The van der Waals surface area contributed by atoms with Crippen LogP contribution in [0.3, 0.4) is 0 Å². The van der Waals surface area contributed by atoms with E-state index in [1.54, 1.807) is 0 Å². The number of hydrogen-bond acceptors (Lipinski definition) is 4. The van der Waals surface area contributed by atoms with E-state index in [1.165, 1.54) is 14.1 Å². The molecule has 6 nitrogen and oxygen atoms in total. The first-order valence-corrected chi connectivity index (χ1v) is 4.74. The summed E-state index contributed by atoms with van der Waals surface area (Å²) < 4.78 is 35.5. The summed E-state index contributed by atoms with van der Waals surface area (Å²) in [5.41, 5.74) is 0. The number of quaternary nitrogens is 1. The van der Waals surface area contributed by atoms with Crippen molar-refractivity contribution in [2.45, 2.75) is 0 Å². The van der Waals surface area contributed by atoms with Gasteiger partial charge in [0, 0.05) is 6.58 Å². The van der Waals surface area contributed by atoms with E-state index < -0.39 is 33.4 Å². The number of carboxylic acids is 1. The average molecular weight is 228 g/mol. The first kappa shape index (κ1) is 12.8. The van der Waals surface area contributed by atoms with Crippen molar-refractivity contribution in [2.75, 3.05) is 20.6 Å². The van der Waals surface area contributed by atoms with Gasteiger partial charge in [-0.3, -0.25) is 4.48 Å². The van der Waals surface area contributed by atoms with Crippen molar-refractivity contribution in [3.63, 3.8) is 0 Å². The van der Waals surface area contributed by atoms with Gasteiger partial charge in [0.05, 0.1) is 14.1 Å². The molecule has 0 rings (SSSR count). The standard InChI is InChI=1S/C6H10FNO5S/c1-5(13-14(7,11)12)8(2,3)4-6(9)10/h1,4H2,2-3H3/p+1. The maximum absolute atomic E-state index is 12.0. The molecule has 14 heavy (non-hydrogen) atoms. The third-order valence-electron chi connectivity index (χ3n) is 1.40. The molecule has 8 heteroatoms. The van der Waals surface area contributed by atoms with Crippen LogP contribution in [0.1, 0.15) is 0 Å². The van der Waals surface area contributed by atoms with Crippen molar-refractivity contribution in [2.24, 2.45) is 0 Å². The van der Waals surface area contributed by atoms with Crippen LogP contribution in [0.15, 0.2) is 12.5 Å². The van der Waals surface area contributed by atoms with Crippen molar-refractivity contribution in [1.82, 2.24) is 0 Å². The molecular formula is C6H11FNO5S+. The molecule has 0 fully saturated rings. The van der Waals surface area contributed by atoms with Gasteiger partial charge in [-0.15, -0.1) is 0 Å². The van der Waals surface area contributed by atoms with E-state index in [0.29, 0.717) is 0 Å². The Morgan fingerprint density at radius 1 is 1.57 bits per heavy atom. The van der Waals surface area contributed by atoms with Crippen LogP contribution in [-0.2, 0) is 19.5 Å². The summed E-state index contributed by atoms with van der Waals surface area (Å²) in [5.74, 6) is -1.69. The van der Waals surface area contributed by atoms with Gasteiger partial charge in [-0.25, -0.2) is 4.79 Å². The lowest BCUT2D eigenvalue weighted by Gasteiger charge is -2.26. The molecule has 0 spiro atoms. The molecule has 0 bridgehead atoms. The summed E-state index contributed by atoms with van der Waals surface area (Å²) in [6.07, 6.45) is 0. The number of likely N-dealkylation sites (N-methyl/N-ethyl adjacent to an activating group) is 1. The second-order valence-corrected chi connectivity index (χ2v) is 4.06. The van der Waals surface area contributed by atoms with E-state index in [1.807, 2.05) is 0 Å². The molecule has 0 amide bonds. The molecule has 0 radical (unpaired) electrons. The van der Waals surface area contributed by atoms with Gasteiger partial charge < -0.3 is 9.29 Å². The minimum atomic E-state index is -5.15. The van der Waals surface area contributed by atoms with E-state index in [2.05, 4.69) is 10.8 Å². The second-order valence-electron chi connectivity index (χ2n) is 3.11. The summed E-state index contributed by atoms with van der Waals surface area (Å²) in [5, 5.41) is 8.44. The van der Waals surface area contributed by atoms with Crippen molar-refractivity contribution in [1.29, 1.82) is 0 Å². The fourth-order valence-electron chi connectivity index (χ4n) is 0.642. The molecule has 0 saturated carbocycles. The minimum Gasteiger partial charge on any atom is -0.477 e. The zero-order chi connectivity index (χ0) is 11.6. The lowest BCUT2D eigenvalue weighted by molar-refractivity contribution is -0.857. The highest BCUT2D eigenvalue weighted by Gasteiger charge is 2.29. The molecule has 0 aromatic rings. The van der Waals surface area contributed by atoms with Gasteiger partial charge in [0.1, 0.15) is 0 Å². The molecule has 0 saturated heterocycles. The van der Waals surface area contributed by atoms with Gasteiger partial charge in [-0.2, -0.15) is 8.42 Å². The van der Waals surface area contributed by atoms with E-state index >= 15 is 0 Å². The third-order valence-corrected chi connectivity index (χ3v) is 1.79. The number of hydrogen-bond donors (Lipinski definition) is 1. The molecule has 0 aromatic heterocycles. The molecule has 0 heterocycles. The Morgan fingerprint density at radius 2 is 2.00 bits per heavy atom. The van der Waals surface area contributed by atoms with Gasteiger partial charge in [-0.05, 0) is 0 Å². The van der Waals surface area contributed by atoms with E-state index in [4.69, 9.17) is 5.11 Å². The highest BCUT2D eigenvalue weighted by Crippen LogP contribution is 2.13. The Kier molecular flexibility index (Phi) is 3.60. The molecule has 0 atom stereocenters. The highest BCUT2D eigenvalue weighted by molar-refractivity contribution is 7.81. The number of halogens is 1. The van der Waals surface area contributed by atoms with Crippen molar-refractivity contribution in [3.8, 4) is 0 Å². The molecule has 1 N–H and O–H groups in total. The largest absolute Gasteiger partial charge is 0.492 e. The lowest BCUT2D eigenvalue weighted by Crippen LogP contribution is -2.43. The highest BCUT2D eigenvalue weighted by atomic mass is 32.3. The Labute approximate surface area is 81.2 Å². The number of nitrogens with zero attached hydrogens (tertiary/aromatic N) is 1. The van der Waals surface area contributed by atoms with Crippen LogP contribution in [0.5, 0.6) is 0 Å². The fraction of sp³-hybridized carbons (Fsp3) is 0.500. The first-order valence-electron chi connectivity index (χ1n) is 3.43. The van der Waals surface area contributed by atoms with Gasteiger partial charge in [0.15, 0.2) is 6.54 Å². The van der Waals surface area contributed by atoms with Crippen LogP contribution in [0.4, 0.5) is 3.89 Å². The summed E-state index contributed by atoms with van der Waals surface area (Å²) in [6.45, 7) is 2.67. The van der Waals surface area contributed by atoms with Crippen molar-refractivity contribution in [3.05, 3.63) is 12.5 Å². The van der Waals surface area contributed by atoms with E-state index in [-0.39, 0.29) is 0 Å². The number of carboxylic acid groups (broad SMARTS) is 1. The predicted octanol–water partition coefficient (Wildman–Crippen LogP) is -0.151. The molecule has 0 aliphatic heterocycles. The average Bonchev–Trinajstić information content (AvgIpc) is 1.79. The Morgan fingerprint density at radius 3 is 2.29 bits per heavy atom. The smallest absolute Gasteiger partial charge is 0.477 e. The Bertz CT molecular complexity index is 347. The van der Waals surface area contributed by atoms with E-state index in [9.17, 15) is 17.1 Å². The fourth-order valence-corrected chi connectivity index (χ4v) is 1.07. The topological polar surface area (TPSA) is 80.7 Å². The van der Waals surface area contributed by atoms with Crippen LogP contribution in [-0.4, -0.2) is 44.6 Å². The van der Waals surface area contributed by atoms with Crippen LogP contribution in [0.25, 0.3) is 0 Å². The molecule has 0 aliphatic rings. The summed E-state index contributed by atoms with van der Waals surface area (Å²) >= 11 is 0. The number of carbonyl (C=O) groups is 1. The van der Waals surface area contributed by atoms with Crippen molar-refractivity contribution >= 4 is 16.5 Å². The third kappa shape index (κ3) is 4.77. The van der Waals surface area contributed by atoms with Gasteiger partial charge in [0.25, 0.3) is 0 Å². The van der Waals surface area contributed by atoms with E-state index in [0.717, 1.165) is 0 Å². The van der Waals surface area contributed by atoms with Crippen molar-refractivity contribution < 1.29 is 30.9 Å². The molecule has 0 aliphatic carbocycles. The number of aliphatic carboxylic acids is 1. The SMILES string of the molecule is C=C(OS(=O)(=O)F)[N+](C)(C)CC(=O)O. The maximum atomic E-state index is 12.0. The number of rotatable bonds is 5. The Balaban J connectivity index is 4.60. The first-order chi connectivity index (χ1) is 6.04. The van der Waals surface area contributed by atoms with Crippen LogP contribution < -0.4 is 0 Å².